The van der Waals surface area contributed by atoms with Gasteiger partial charge in [0.05, 0.1) is 10.8 Å². The highest BCUT2D eigenvalue weighted by atomic mass is 35.5. The van der Waals surface area contributed by atoms with Crippen molar-refractivity contribution in [3.63, 3.8) is 0 Å². The molecule has 1 heterocycles. The van der Waals surface area contributed by atoms with Crippen molar-refractivity contribution in [2.45, 2.75) is 18.2 Å². The van der Waals surface area contributed by atoms with Gasteiger partial charge in [-0.2, -0.15) is 0 Å². The number of nitrogens with one attached hydrogen (secondary N) is 1. The quantitative estimate of drug-likeness (QED) is 0.888. The molecule has 2 aromatic rings. The predicted molar refractivity (Wildman–Crippen MR) is 97.1 cm³/mol. The van der Waals surface area contributed by atoms with E-state index < -0.39 is 9.84 Å². The molecule has 0 saturated heterocycles. The lowest BCUT2D eigenvalue weighted by Crippen LogP contribution is -2.32. The van der Waals surface area contributed by atoms with E-state index in [1.807, 2.05) is 6.92 Å². The number of carbonyl (C=O) groups is 1. The molecule has 1 aliphatic heterocycles. The highest BCUT2D eigenvalue weighted by Crippen LogP contribution is 2.30. The van der Waals surface area contributed by atoms with Crippen LogP contribution in [-0.4, -0.2) is 27.2 Å². The number of hydrogen-bond donors (Lipinski definition) is 1. The summed E-state index contributed by atoms with van der Waals surface area (Å²) in [6.45, 7) is 2.08. The Morgan fingerprint density at radius 1 is 1.24 bits per heavy atom. The lowest BCUT2D eigenvalue weighted by atomic mass is 9.96. The summed E-state index contributed by atoms with van der Waals surface area (Å²) >= 11 is 6.00. The molecule has 132 valence electrons. The molecule has 0 aliphatic carbocycles. The average Bonchev–Trinajstić information content (AvgIpc) is 2.55. The SMILES string of the molecule is Cc1ccc(S(C)(=O)=O)cc1NC(=O)C1COc2ccc(Cl)cc2C1. The smallest absolute Gasteiger partial charge is 0.231 e. The molecule has 7 heteroatoms. The molecule has 2 aromatic carbocycles. The molecule has 1 unspecified atom stereocenters. The number of benzene rings is 2. The summed E-state index contributed by atoms with van der Waals surface area (Å²) in [7, 11) is -3.34. The number of amides is 1. The minimum absolute atomic E-state index is 0.172. The fourth-order valence-electron chi connectivity index (χ4n) is 2.73. The van der Waals surface area contributed by atoms with Crippen LogP contribution in [0.15, 0.2) is 41.3 Å². The first-order valence-corrected chi connectivity index (χ1v) is 10.0. The second-order valence-corrected chi connectivity index (χ2v) is 8.65. The van der Waals surface area contributed by atoms with E-state index in [-0.39, 0.29) is 23.3 Å². The maximum absolute atomic E-state index is 12.6. The molecule has 0 saturated carbocycles. The van der Waals surface area contributed by atoms with E-state index in [9.17, 15) is 13.2 Å². The van der Waals surface area contributed by atoms with Gasteiger partial charge in [-0.15, -0.1) is 0 Å². The van der Waals surface area contributed by atoms with Crippen molar-refractivity contribution in [1.82, 2.24) is 0 Å². The third kappa shape index (κ3) is 3.96. The molecule has 1 aliphatic rings. The van der Waals surface area contributed by atoms with Gasteiger partial charge in [-0.3, -0.25) is 4.79 Å². The van der Waals surface area contributed by atoms with E-state index >= 15 is 0 Å². The van der Waals surface area contributed by atoms with Crippen LogP contribution < -0.4 is 10.1 Å². The molecule has 0 bridgehead atoms. The number of rotatable bonds is 3. The summed E-state index contributed by atoms with van der Waals surface area (Å²) in [4.78, 5) is 12.8. The molecule has 1 amide bonds. The number of carbonyl (C=O) groups excluding carboxylic acids is 1. The van der Waals surface area contributed by atoms with E-state index in [4.69, 9.17) is 16.3 Å². The molecule has 1 N–H and O–H groups in total. The lowest BCUT2D eigenvalue weighted by Gasteiger charge is -2.25. The monoisotopic (exact) mass is 379 g/mol. The lowest BCUT2D eigenvalue weighted by molar-refractivity contribution is -0.121. The molecule has 0 aromatic heterocycles. The molecular weight excluding hydrogens is 362 g/mol. The van der Waals surface area contributed by atoms with Gasteiger partial charge >= 0.3 is 0 Å². The Bertz CT molecular complexity index is 940. The van der Waals surface area contributed by atoms with Crippen LogP contribution in [0.4, 0.5) is 5.69 Å². The predicted octanol–water partition coefficient (Wildman–Crippen LogP) is 3.24. The third-order valence-corrected chi connectivity index (χ3v) is 5.54. The third-order valence-electron chi connectivity index (χ3n) is 4.19. The van der Waals surface area contributed by atoms with Crippen molar-refractivity contribution >= 4 is 33.0 Å². The van der Waals surface area contributed by atoms with Gasteiger partial charge in [-0.25, -0.2) is 8.42 Å². The van der Waals surface area contributed by atoms with Gasteiger partial charge in [0.2, 0.25) is 5.91 Å². The van der Waals surface area contributed by atoms with Crippen molar-refractivity contribution in [1.29, 1.82) is 0 Å². The van der Waals surface area contributed by atoms with Crippen LogP contribution >= 0.6 is 11.6 Å². The zero-order chi connectivity index (χ0) is 18.2. The van der Waals surface area contributed by atoms with Gasteiger partial charge in [-0.05, 0) is 54.8 Å². The van der Waals surface area contributed by atoms with Crippen LogP contribution in [0.2, 0.25) is 5.02 Å². The Morgan fingerprint density at radius 2 is 2.00 bits per heavy atom. The first kappa shape index (κ1) is 17.8. The molecule has 0 fully saturated rings. The van der Waals surface area contributed by atoms with Crippen LogP contribution in [-0.2, 0) is 21.1 Å². The van der Waals surface area contributed by atoms with Crippen LogP contribution in [0.25, 0.3) is 0 Å². The zero-order valence-electron chi connectivity index (χ0n) is 13.9. The van der Waals surface area contributed by atoms with Crippen molar-refractivity contribution < 1.29 is 17.9 Å². The standard InChI is InChI=1S/C18H18ClNO4S/c1-11-3-5-15(25(2,22)23)9-16(11)20-18(21)13-7-12-8-14(19)4-6-17(12)24-10-13/h3-6,8-9,13H,7,10H2,1-2H3,(H,20,21). The Labute approximate surface area is 151 Å². The zero-order valence-corrected chi connectivity index (χ0v) is 15.4. The van der Waals surface area contributed by atoms with Gasteiger partial charge in [0, 0.05) is 17.0 Å². The fourth-order valence-corrected chi connectivity index (χ4v) is 3.57. The van der Waals surface area contributed by atoms with Gasteiger partial charge in [-0.1, -0.05) is 17.7 Å². The van der Waals surface area contributed by atoms with Crippen molar-refractivity contribution in [3.8, 4) is 5.75 Å². The van der Waals surface area contributed by atoms with Crippen LogP contribution in [0, 0.1) is 12.8 Å². The van der Waals surface area contributed by atoms with E-state index in [1.165, 1.54) is 12.1 Å². The normalized spacial score (nSPS) is 16.7. The summed E-state index contributed by atoms with van der Waals surface area (Å²) in [5.74, 6) is 0.162. The second kappa shape index (κ2) is 6.69. The van der Waals surface area contributed by atoms with Crippen molar-refractivity contribution in [2.75, 3.05) is 18.2 Å². The Kier molecular flexibility index (Phi) is 4.75. The van der Waals surface area contributed by atoms with E-state index in [0.717, 1.165) is 23.1 Å². The van der Waals surface area contributed by atoms with E-state index in [2.05, 4.69) is 5.32 Å². The van der Waals surface area contributed by atoms with E-state index in [1.54, 1.807) is 24.3 Å². The Hall–Kier alpha value is -2.05. The molecule has 25 heavy (non-hydrogen) atoms. The first-order valence-electron chi connectivity index (χ1n) is 7.77. The van der Waals surface area contributed by atoms with Crippen LogP contribution in [0.1, 0.15) is 11.1 Å². The summed E-state index contributed by atoms with van der Waals surface area (Å²) in [5, 5.41) is 3.42. The molecular formula is C18H18ClNO4S. The summed E-state index contributed by atoms with van der Waals surface area (Å²) in [6.07, 6.45) is 1.66. The van der Waals surface area contributed by atoms with Gasteiger partial charge in [0.25, 0.3) is 0 Å². The van der Waals surface area contributed by atoms with Crippen LogP contribution in [0.3, 0.4) is 0 Å². The first-order chi connectivity index (χ1) is 11.7. The maximum atomic E-state index is 12.6. The Balaban J connectivity index is 1.79. The minimum Gasteiger partial charge on any atom is -0.492 e. The number of anilines is 1. The fraction of sp³-hybridized carbons (Fsp3) is 0.278. The number of halogens is 1. The summed E-state index contributed by atoms with van der Waals surface area (Å²) in [5.41, 5.74) is 2.17. The highest BCUT2D eigenvalue weighted by molar-refractivity contribution is 7.90. The molecule has 5 nitrogen and oxygen atoms in total. The average molecular weight is 380 g/mol. The van der Waals surface area contributed by atoms with Crippen LogP contribution in [0.5, 0.6) is 5.75 Å². The van der Waals surface area contributed by atoms with Gasteiger partial charge in [0.1, 0.15) is 12.4 Å². The number of ether oxygens (including phenoxy) is 1. The van der Waals surface area contributed by atoms with Gasteiger partial charge in [0.15, 0.2) is 9.84 Å². The number of sulfone groups is 1. The molecule has 1 atom stereocenters. The van der Waals surface area contributed by atoms with Gasteiger partial charge < -0.3 is 10.1 Å². The maximum Gasteiger partial charge on any atom is 0.231 e. The minimum atomic E-state index is -3.34. The molecule has 0 spiro atoms. The summed E-state index contributed by atoms with van der Waals surface area (Å²) in [6, 6.07) is 10.0. The largest absolute Gasteiger partial charge is 0.492 e. The number of fused-ring (bicyclic) bond motifs is 1. The van der Waals surface area contributed by atoms with Crippen molar-refractivity contribution in [2.24, 2.45) is 5.92 Å². The summed E-state index contributed by atoms with van der Waals surface area (Å²) < 4.78 is 29.1. The van der Waals surface area contributed by atoms with Crippen molar-refractivity contribution in [3.05, 3.63) is 52.5 Å². The number of hydrogen-bond acceptors (Lipinski definition) is 4. The molecule has 0 radical (unpaired) electrons. The molecule has 3 rings (SSSR count). The topological polar surface area (TPSA) is 72.5 Å². The number of aryl methyl sites for hydroxylation is 1. The van der Waals surface area contributed by atoms with E-state index in [0.29, 0.717) is 17.1 Å². The highest BCUT2D eigenvalue weighted by Gasteiger charge is 2.26. The second-order valence-electron chi connectivity index (χ2n) is 6.20. The Morgan fingerprint density at radius 3 is 2.72 bits per heavy atom.